The number of rotatable bonds is 8. The van der Waals surface area contributed by atoms with Crippen LogP contribution in [-0.2, 0) is 18.3 Å². The monoisotopic (exact) mass is 450 g/mol. The third-order valence-corrected chi connectivity index (χ3v) is 5.46. The highest BCUT2D eigenvalue weighted by atomic mass is 35.5. The molecule has 0 bridgehead atoms. The number of carbonyl (C=O) groups is 1. The Morgan fingerprint density at radius 3 is 2.66 bits per heavy atom. The smallest absolute Gasteiger partial charge is 0.221 e. The van der Waals surface area contributed by atoms with Gasteiger partial charge in [0.15, 0.2) is 11.7 Å². The van der Waals surface area contributed by atoms with Gasteiger partial charge in [-0.3, -0.25) is 4.79 Å². The van der Waals surface area contributed by atoms with Crippen LogP contribution in [0.5, 0.6) is 5.75 Å². The van der Waals surface area contributed by atoms with E-state index in [0.717, 1.165) is 22.7 Å². The number of oxazole rings is 1. The molecule has 0 saturated carbocycles. The van der Waals surface area contributed by atoms with Gasteiger partial charge in [-0.05, 0) is 29.8 Å². The number of halogens is 1. The van der Waals surface area contributed by atoms with Crippen molar-refractivity contribution in [3.63, 3.8) is 0 Å². The molecule has 7 nitrogen and oxygen atoms in total. The SMILES string of the molecule is COc1ccc([C@@H](NC(=O)CCc2ncc(-c3ccccc3Cl)o2)c2nccn2C)cc1. The van der Waals surface area contributed by atoms with Crippen LogP contribution in [0.15, 0.2) is 71.5 Å². The summed E-state index contributed by atoms with van der Waals surface area (Å²) >= 11 is 6.22. The van der Waals surface area contributed by atoms with Crippen molar-refractivity contribution in [2.75, 3.05) is 7.11 Å². The lowest BCUT2D eigenvalue weighted by atomic mass is 10.1. The number of imidazole rings is 1. The number of hydrogen-bond acceptors (Lipinski definition) is 5. The third-order valence-electron chi connectivity index (χ3n) is 5.13. The summed E-state index contributed by atoms with van der Waals surface area (Å²) in [5.41, 5.74) is 1.68. The van der Waals surface area contributed by atoms with E-state index in [1.807, 2.05) is 60.3 Å². The molecule has 164 valence electrons. The summed E-state index contributed by atoms with van der Waals surface area (Å²) in [5.74, 6) is 2.41. The van der Waals surface area contributed by atoms with E-state index in [1.54, 1.807) is 25.6 Å². The molecule has 8 heteroatoms. The van der Waals surface area contributed by atoms with Crippen molar-refractivity contribution >= 4 is 17.5 Å². The first kappa shape index (κ1) is 21.6. The molecule has 2 aromatic carbocycles. The van der Waals surface area contributed by atoms with Gasteiger partial charge in [-0.15, -0.1) is 0 Å². The van der Waals surface area contributed by atoms with Gasteiger partial charge in [0.1, 0.15) is 17.6 Å². The average Bonchev–Trinajstić information content (AvgIpc) is 3.45. The Balaban J connectivity index is 1.45. The Morgan fingerprint density at radius 1 is 1.19 bits per heavy atom. The molecule has 32 heavy (non-hydrogen) atoms. The quantitative estimate of drug-likeness (QED) is 0.425. The molecule has 1 N–H and O–H groups in total. The number of aryl methyl sites for hydroxylation is 2. The van der Waals surface area contributed by atoms with Crippen molar-refractivity contribution in [1.82, 2.24) is 19.9 Å². The number of methoxy groups -OCH3 is 1. The molecule has 0 fully saturated rings. The highest BCUT2D eigenvalue weighted by Gasteiger charge is 2.21. The summed E-state index contributed by atoms with van der Waals surface area (Å²) in [6.07, 6.45) is 5.77. The highest BCUT2D eigenvalue weighted by molar-refractivity contribution is 6.33. The molecule has 2 aromatic heterocycles. The molecule has 2 heterocycles. The van der Waals surface area contributed by atoms with Crippen molar-refractivity contribution in [3.05, 3.63) is 89.4 Å². The standard InChI is InChI=1S/C24H23ClN4O3/c1-29-14-13-26-24(29)23(16-7-9-17(31-2)10-8-16)28-21(30)11-12-22-27-15-20(32-22)18-5-3-4-6-19(18)25/h3-10,13-15,23H,11-12H2,1-2H3,(H,28,30)/t23-/m1/s1. The number of aromatic nitrogens is 3. The summed E-state index contributed by atoms with van der Waals surface area (Å²) in [6.45, 7) is 0. The van der Waals surface area contributed by atoms with Crippen LogP contribution >= 0.6 is 11.6 Å². The minimum atomic E-state index is -0.392. The maximum Gasteiger partial charge on any atom is 0.221 e. The van der Waals surface area contributed by atoms with Crippen LogP contribution in [0.4, 0.5) is 0 Å². The molecule has 0 aliphatic rings. The van der Waals surface area contributed by atoms with E-state index < -0.39 is 6.04 Å². The van der Waals surface area contributed by atoms with Gasteiger partial charge in [-0.25, -0.2) is 9.97 Å². The van der Waals surface area contributed by atoms with Crippen LogP contribution in [0.25, 0.3) is 11.3 Å². The average molecular weight is 451 g/mol. The van der Waals surface area contributed by atoms with E-state index in [4.69, 9.17) is 20.8 Å². The Bertz CT molecular complexity index is 1200. The number of amides is 1. The van der Waals surface area contributed by atoms with Gasteiger partial charge >= 0.3 is 0 Å². The second kappa shape index (κ2) is 9.70. The van der Waals surface area contributed by atoms with Gasteiger partial charge < -0.3 is 19.0 Å². The zero-order valence-electron chi connectivity index (χ0n) is 17.8. The fourth-order valence-electron chi connectivity index (χ4n) is 3.41. The van der Waals surface area contributed by atoms with Crippen molar-refractivity contribution in [1.29, 1.82) is 0 Å². The van der Waals surface area contributed by atoms with E-state index >= 15 is 0 Å². The number of nitrogens with one attached hydrogen (secondary N) is 1. The summed E-state index contributed by atoms with van der Waals surface area (Å²) in [6, 6.07) is 14.6. The molecule has 4 rings (SSSR count). The van der Waals surface area contributed by atoms with E-state index in [1.165, 1.54) is 0 Å². The highest BCUT2D eigenvalue weighted by Crippen LogP contribution is 2.28. The number of benzene rings is 2. The van der Waals surface area contributed by atoms with Crippen LogP contribution < -0.4 is 10.1 Å². The Hall–Kier alpha value is -3.58. The van der Waals surface area contributed by atoms with Gasteiger partial charge in [-0.2, -0.15) is 0 Å². The van der Waals surface area contributed by atoms with Crippen molar-refractivity contribution < 1.29 is 13.9 Å². The molecule has 4 aromatic rings. The second-order valence-corrected chi connectivity index (χ2v) is 7.68. The summed E-state index contributed by atoms with van der Waals surface area (Å²) in [4.78, 5) is 21.5. The van der Waals surface area contributed by atoms with Gasteiger partial charge in [0, 0.05) is 37.8 Å². The summed E-state index contributed by atoms with van der Waals surface area (Å²) in [7, 11) is 3.51. The Kier molecular flexibility index (Phi) is 6.56. The molecule has 0 spiro atoms. The van der Waals surface area contributed by atoms with Gasteiger partial charge in [0.05, 0.1) is 18.3 Å². The van der Waals surface area contributed by atoms with Crippen LogP contribution in [0, 0.1) is 0 Å². The van der Waals surface area contributed by atoms with Gasteiger partial charge in [0.25, 0.3) is 0 Å². The molecule has 0 unspecified atom stereocenters. The van der Waals surface area contributed by atoms with E-state index in [0.29, 0.717) is 23.1 Å². The van der Waals surface area contributed by atoms with Crippen LogP contribution in [0.3, 0.4) is 0 Å². The molecular formula is C24H23ClN4O3. The van der Waals surface area contributed by atoms with Crippen molar-refractivity contribution in [3.8, 4) is 17.1 Å². The normalized spacial score (nSPS) is 11.8. The molecule has 1 amide bonds. The van der Waals surface area contributed by atoms with Gasteiger partial charge in [-0.1, -0.05) is 35.9 Å². The number of hydrogen-bond donors (Lipinski definition) is 1. The number of ether oxygens (including phenoxy) is 1. The van der Waals surface area contributed by atoms with E-state index in [9.17, 15) is 4.79 Å². The topological polar surface area (TPSA) is 82.2 Å². The van der Waals surface area contributed by atoms with Crippen LogP contribution in [-0.4, -0.2) is 27.6 Å². The predicted molar refractivity (Wildman–Crippen MR) is 121 cm³/mol. The first-order valence-electron chi connectivity index (χ1n) is 10.2. The zero-order valence-corrected chi connectivity index (χ0v) is 18.5. The molecule has 0 aliphatic heterocycles. The number of nitrogens with zero attached hydrogens (tertiary/aromatic N) is 3. The Morgan fingerprint density at radius 2 is 1.97 bits per heavy atom. The minimum absolute atomic E-state index is 0.133. The van der Waals surface area contributed by atoms with Crippen LogP contribution in [0.2, 0.25) is 5.02 Å². The lowest BCUT2D eigenvalue weighted by molar-refractivity contribution is -0.121. The zero-order chi connectivity index (χ0) is 22.5. The predicted octanol–water partition coefficient (Wildman–Crippen LogP) is 4.58. The molecular weight excluding hydrogens is 428 g/mol. The lowest BCUT2D eigenvalue weighted by Crippen LogP contribution is -2.31. The first-order chi connectivity index (χ1) is 15.5. The van der Waals surface area contributed by atoms with Crippen molar-refractivity contribution in [2.45, 2.75) is 18.9 Å². The second-order valence-electron chi connectivity index (χ2n) is 7.27. The molecule has 0 aliphatic carbocycles. The first-order valence-corrected chi connectivity index (χ1v) is 10.5. The maximum atomic E-state index is 12.8. The maximum absolute atomic E-state index is 12.8. The fraction of sp³-hybridized carbons (Fsp3) is 0.208. The molecule has 0 radical (unpaired) electrons. The minimum Gasteiger partial charge on any atom is -0.497 e. The molecule has 1 atom stereocenters. The van der Waals surface area contributed by atoms with Crippen LogP contribution in [0.1, 0.15) is 29.7 Å². The fourth-order valence-corrected chi connectivity index (χ4v) is 3.64. The lowest BCUT2D eigenvalue weighted by Gasteiger charge is -2.19. The van der Waals surface area contributed by atoms with Gasteiger partial charge in [0.2, 0.25) is 5.91 Å². The Labute approximate surface area is 191 Å². The van der Waals surface area contributed by atoms with E-state index in [2.05, 4.69) is 15.3 Å². The van der Waals surface area contributed by atoms with Crippen molar-refractivity contribution in [2.24, 2.45) is 7.05 Å². The van der Waals surface area contributed by atoms with E-state index in [-0.39, 0.29) is 12.3 Å². The number of carbonyl (C=O) groups excluding carboxylic acids is 1. The summed E-state index contributed by atoms with van der Waals surface area (Å²) < 4.78 is 12.9. The third kappa shape index (κ3) is 4.84. The molecule has 0 saturated heterocycles. The summed E-state index contributed by atoms with van der Waals surface area (Å²) in [5, 5.41) is 3.67. The largest absolute Gasteiger partial charge is 0.497 e.